The molecule has 0 aromatic rings. The van der Waals surface area contributed by atoms with Crippen molar-refractivity contribution in [2.24, 2.45) is 0 Å². The van der Waals surface area contributed by atoms with Crippen molar-refractivity contribution in [3.63, 3.8) is 0 Å². The monoisotopic (exact) mass is 277 g/mol. The molecule has 1 aliphatic heterocycles. The first-order chi connectivity index (χ1) is 7.34. The van der Waals surface area contributed by atoms with Crippen molar-refractivity contribution in [3.8, 4) is 0 Å². The minimum Gasteiger partial charge on any atom is -0.449 e. The van der Waals surface area contributed by atoms with Crippen LogP contribution in [0.5, 0.6) is 0 Å². The van der Waals surface area contributed by atoms with E-state index in [4.69, 9.17) is 4.74 Å². The molecular formula is C11H20BrNO2. The molecule has 1 fully saturated rings. The lowest BCUT2D eigenvalue weighted by Gasteiger charge is -2.25. The van der Waals surface area contributed by atoms with Crippen molar-refractivity contribution in [1.82, 2.24) is 4.90 Å². The highest BCUT2D eigenvalue weighted by Gasteiger charge is 2.16. The third kappa shape index (κ3) is 5.40. The molecule has 1 aliphatic rings. The Morgan fingerprint density at radius 1 is 1.13 bits per heavy atom. The van der Waals surface area contributed by atoms with Crippen molar-refractivity contribution >= 4 is 22.0 Å². The van der Waals surface area contributed by atoms with E-state index in [-0.39, 0.29) is 6.09 Å². The van der Waals surface area contributed by atoms with E-state index in [1.807, 2.05) is 4.90 Å². The van der Waals surface area contributed by atoms with Crippen molar-refractivity contribution < 1.29 is 9.53 Å². The zero-order valence-corrected chi connectivity index (χ0v) is 10.8. The Labute approximate surface area is 100 Å². The molecule has 0 spiro atoms. The summed E-state index contributed by atoms with van der Waals surface area (Å²) in [5, 5.41) is 1.03. The number of carbonyl (C=O) groups is 1. The summed E-state index contributed by atoms with van der Waals surface area (Å²) < 4.78 is 5.20. The van der Waals surface area contributed by atoms with Crippen LogP contribution in [-0.2, 0) is 4.74 Å². The van der Waals surface area contributed by atoms with Gasteiger partial charge >= 0.3 is 6.09 Å². The van der Waals surface area contributed by atoms with Crippen LogP contribution in [-0.4, -0.2) is 36.0 Å². The molecule has 1 rings (SSSR count). The molecular weight excluding hydrogens is 258 g/mol. The summed E-state index contributed by atoms with van der Waals surface area (Å²) in [4.78, 5) is 13.4. The van der Waals surface area contributed by atoms with Gasteiger partial charge in [-0.3, -0.25) is 0 Å². The fourth-order valence-corrected chi connectivity index (χ4v) is 2.10. The van der Waals surface area contributed by atoms with Crippen LogP contribution in [0.15, 0.2) is 0 Å². The van der Waals surface area contributed by atoms with Crippen LogP contribution in [0, 0.1) is 0 Å². The number of halogens is 1. The van der Waals surface area contributed by atoms with Gasteiger partial charge in [0.1, 0.15) is 0 Å². The van der Waals surface area contributed by atoms with E-state index < -0.39 is 0 Å². The van der Waals surface area contributed by atoms with Gasteiger partial charge in [-0.1, -0.05) is 15.9 Å². The Balaban J connectivity index is 2.02. The summed E-state index contributed by atoms with van der Waals surface area (Å²) in [5.74, 6) is 0. The Kier molecular flexibility index (Phi) is 6.81. The largest absolute Gasteiger partial charge is 0.449 e. The van der Waals surface area contributed by atoms with Gasteiger partial charge in [0.15, 0.2) is 0 Å². The van der Waals surface area contributed by atoms with E-state index in [1.54, 1.807) is 0 Å². The number of carbonyl (C=O) groups excluding carboxylic acids is 1. The van der Waals surface area contributed by atoms with Crippen LogP contribution < -0.4 is 0 Å². The highest BCUT2D eigenvalue weighted by atomic mass is 79.9. The van der Waals surface area contributed by atoms with Gasteiger partial charge in [0, 0.05) is 18.4 Å². The summed E-state index contributed by atoms with van der Waals surface area (Å²) >= 11 is 3.38. The SMILES string of the molecule is O=C(OCCCCCBr)N1CCCCC1. The molecule has 0 atom stereocenters. The molecule has 1 amide bonds. The fraction of sp³-hybridized carbons (Fsp3) is 0.909. The molecule has 0 aromatic carbocycles. The molecule has 88 valence electrons. The Bertz CT molecular complexity index is 181. The highest BCUT2D eigenvalue weighted by Crippen LogP contribution is 2.10. The van der Waals surface area contributed by atoms with Gasteiger partial charge in [0.05, 0.1) is 6.61 Å². The van der Waals surface area contributed by atoms with Gasteiger partial charge in [-0.15, -0.1) is 0 Å². The van der Waals surface area contributed by atoms with Gasteiger partial charge in [-0.05, 0) is 38.5 Å². The zero-order valence-electron chi connectivity index (χ0n) is 9.21. The van der Waals surface area contributed by atoms with Gasteiger partial charge in [0.2, 0.25) is 0 Å². The fourth-order valence-electron chi connectivity index (χ4n) is 1.70. The second kappa shape index (κ2) is 7.97. The van der Waals surface area contributed by atoms with Gasteiger partial charge in [0.25, 0.3) is 0 Å². The lowest BCUT2D eigenvalue weighted by Crippen LogP contribution is -2.36. The van der Waals surface area contributed by atoms with Crippen molar-refractivity contribution in [2.45, 2.75) is 38.5 Å². The van der Waals surface area contributed by atoms with Gasteiger partial charge in [-0.25, -0.2) is 4.79 Å². The van der Waals surface area contributed by atoms with E-state index in [9.17, 15) is 4.79 Å². The average Bonchev–Trinajstić information content (AvgIpc) is 2.30. The summed E-state index contributed by atoms with van der Waals surface area (Å²) in [6.07, 6.45) is 6.63. The molecule has 0 unspecified atom stereocenters. The molecule has 0 radical (unpaired) electrons. The lowest BCUT2D eigenvalue weighted by molar-refractivity contribution is 0.0938. The quantitative estimate of drug-likeness (QED) is 0.571. The van der Waals surface area contributed by atoms with Gasteiger partial charge < -0.3 is 9.64 Å². The van der Waals surface area contributed by atoms with Crippen LogP contribution in [0.1, 0.15) is 38.5 Å². The predicted molar refractivity (Wildman–Crippen MR) is 64.4 cm³/mol. The number of amides is 1. The van der Waals surface area contributed by atoms with Crippen LogP contribution in [0.3, 0.4) is 0 Å². The number of likely N-dealkylation sites (tertiary alicyclic amines) is 1. The maximum absolute atomic E-state index is 11.5. The molecule has 0 aromatic heterocycles. The minimum absolute atomic E-state index is 0.117. The standard InChI is InChI=1S/C11H20BrNO2/c12-7-3-1-6-10-15-11(14)13-8-4-2-5-9-13/h1-10H2. The number of piperidine rings is 1. The Hall–Kier alpha value is -0.250. The van der Waals surface area contributed by atoms with Crippen LogP contribution in [0.25, 0.3) is 0 Å². The Morgan fingerprint density at radius 3 is 2.53 bits per heavy atom. The van der Waals surface area contributed by atoms with E-state index in [2.05, 4.69) is 15.9 Å². The van der Waals surface area contributed by atoms with Crippen molar-refractivity contribution in [3.05, 3.63) is 0 Å². The maximum Gasteiger partial charge on any atom is 0.409 e. The number of hydrogen-bond acceptors (Lipinski definition) is 2. The first-order valence-corrected chi connectivity index (χ1v) is 6.94. The first kappa shape index (κ1) is 12.8. The van der Waals surface area contributed by atoms with E-state index in [1.165, 1.54) is 6.42 Å². The summed E-state index contributed by atoms with van der Waals surface area (Å²) in [7, 11) is 0. The molecule has 0 bridgehead atoms. The lowest BCUT2D eigenvalue weighted by atomic mass is 10.1. The van der Waals surface area contributed by atoms with E-state index in [0.29, 0.717) is 6.61 Å². The number of nitrogens with zero attached hydrogens (tertiary/aromatic N) is 1. The average molecular weight is 278 g/mol. The van der Waals surface area contributed by atoms with Crippen molar-refractivity contribution in [1.29, 1.82) is 0 Å². The molecule has 0 saturated carbocycles. The predicted octanol–water partition coefficient (Wildman–Crippen LogP) is 3.17. The third-order valence-corrected chi connectivity index (χ3v) is 3.18. The second-order valence-corrected chi connectivity index (χ2v) is 4.70. The normalized spacial score (nSPS) is 16.5. The molecule has 1 heterocycles. The maximum atomic E-state index is 11.5. The molecule has 3 nitrogen and oxygen atoms in total. The first-order valence-electron chi connectivity index (χ1n) is 5.82. The molecule has 1 saturated heterocycles. The topological polar surface area (TPSA) is 29.5 Å². The minimum atomic E-state index is -0.117. The zero-order chi connectivity index (χ0) is 10.9. The van der Waals surface area contributed by atoms with Gasteiger partial charge in [-0.2, -0.15) is 0 Å². The second-order valence-electron chi connectivity index (χ2n) is 3.91. The van der Waals surface area contributed by atoms with Crippen LogP contribution >= 0.6 is 15.9 Å². The third-order valence-electron chi connectivity index (χ3n) is 2.62. The summed E-state index contributed by atoms with van der Waals surface area (Å²) in [6.45, 7) is 2.32. The number of ether oxygens (including phenoxy) is 1. The van der Waals surface area contributed by atoms with Crippen LogP contribution in [0.4, 0.5) is 4.79 Å². The summed E-state index contributed by atoms with van der Waals surface area (Å²) in [6, 6.07) is 0. The molecule has 15 heavy (non-hydrogen) atoms. The van der Waals surface area contributed by atoms with Crippen LogP contribution in [0.2, 0.25) is 0 Å². The Morgan fingerprint density at radius 2 is 1.87 bits per heavy atom. The number of rotatable bonds is 5. The molecule has 0 aliphatic carbocycles. The van der Waals surface area contributed by atoms with Crippen molar-refractivity contribution in [2.75, 3.05) is 25.0 Å². The van der Waals surface area contributed by atoms with E-state index >= 15 is 0 Å². The number of hydrogen-bond donors (Lipinski definition) is 0. The smallest absolute Gasteiger partial charge is 0.409 e. The molecule has 4 heteroatoms. The molecule has 0 N–H and O–H groups in total. The summed E-state index contributed by atoms with van der Waals surface area (Å²) in [5.41, 5.74) is 0. The van der Waals surface area contributed by atoms with E-state index in [0.717, 1.165) is 50.5 Å². The number of unbranched alkanes of at least 4 members (excludes halogenated alkanes) is 2. The number of alkyl halides is 1. The highest BCUT2D eigenvalue weighted by molar-refractivity contribution is 9.09.